The van der Waals surface area contributed by atoms with E-state index < -0.39 is 17.1 Å². The zero-order chi connectivity index (χ0) is 31.4. The fourth-order valence-corrected chi connectivity index (χ4v) is 5.54. The summed E-state index contributed by atoms with van der Waals surface area (Å²) in [5, 5.41) is 8.11. The molecule has 1 unspecified atom stereocenters. The number of thioether (sulfide) groups is 1. The van der Waals surface area contributed by atoms with Crippen molar-refractivity contribution in [1.29, 1.82) is 0 Å². The second-order valence-electron chi connectivity index (χ2n) is 9.90. The molecule has 1 atom stereocenters. The first kappa shape index (κ1) is 30.8. The van der Waals surface area contributed by atoms with Gasteiger partial charge in [-0.3, -0.25) is 14.4 Å². The maximum atomic E-state index is 13.6. The van der Waals surface area contributed by atoms with Gasteiger partial charge in [0.2, 0.25) is 5.91 Å². The first-order chi connectivity index (χ1) is 22.0. The first-order valence-electron chi connectivity index (χ1n) is 14.2. The molecule has 5 aromatic rings. The van der Waals surface area contributed by atoms with E-state index in [1.165, 1.54) is 11.8 Å². The molecule has 8 heteroatoms. The molecule has 0 aliphatic rings. The molecule has 5 aromatic carbocycles. The highest BCUT2D eigenvalue weighted by atomic mass is 32.2. The van der Waals surface area contributed by atoms with Crippen molar-refractivity contribution in [3.8, 4) is 5.75 Å². The fourth-order valence-electron chi connectivity index (χ4n) is 4.45. The van der Waals surface area contributed by atoms with Crippen LogP contribution in [0.3, 0.4) is 0 Å². The van der Waals surface area contributed by atoms with Crippen molar-refractivity contribution in [3.63, 3.8) is 0 Å². The number of anilines is 2. The highest BCUT2D eigenvalue weighted by Crippen LogP contribution is 2.37. The van der Waals surface area contributed by atoms with E-state index in [1.54, 1.807) is 67.8 Å². The zero-order valence-corrected chi connectivity index (χ0v) is 25.3. The summed E-state index contributed by atoms with van der Waals surface area (Å²) in [4.78, 5) is 40.9. The Balaban J connectivity index is 1.38. The first-order valence-corrected chi connectivity index (χ1v) is 15.1. The molecule has 0 bridgehead atoms. The van der Waals surface area contributed by atoms with Gasteiger partial charge in [0.15, 0.2) is 0 Å². The Bertz CT molecular complexity index is 1800. The maximum Gasteiger partial charge on any atom is 0.272 e. The number of carbonyl (C=O) groups excluding carboxylic acids is 3. The third kappa shape index (κ3) is 8.72. The predicted molar refractivity (Wildman–Crippen MR) is 180 cm³/mol. The standard InChI is InChI=1S/C37H31N3O4S/c1-44-31-21-11-13-26(23-31)24-33(40-35(41)28-16-7-3-8-17-28)36(42)39-30-20-12-22-32(25-30)45-34(27-14-5-2-6-15-27)37(43)38-29-18-9-4-10-19-29/h2-25,34H,1H3,(H,38,43)(H,39,42)(H,40,41)/b33-24-. The minimum atomic E-state index is -0.550. The van der Waals surface area contributed by atoms with Gasteiger partial charge < -0.3 is 20.7 Å². The quantitative estimate of drug-likeness (QED) is 0.105. The average Bonchev–Trinajstić information content (AvgIpc) is 3.08. The summed E-state index contributed by atoms with van der Waals surface area (Å²) in [5.74, 6) is -0.476. The normalized spacial score (nSPS) is 11.6. The largest absolute Gasteiger partial charge is 0.497 e. The van der Waals surface area contributed by atoms with Gasteiger partial charge in [-0.25, -0.2) is 0 Å². The van der Waals surface area contributed by atoms with Crippen molar-refractivity contribution in [2.24, 2.45) is 0 Å². The lowest BCUT2D eigenvalue weighted by Gasteiger charge is -2.18. The topological polar surface area (TPSA) is 96.5 Å². The summed E-state index contributed by atoms with van der Waals surface area (Å²) in [6, 6.07) is 41.9. The molecule has 0 aromatic heterocycles. The monoisotopic (exact) mass is 613 g/mol. The third-order valence-electron chi connectivity index (χ3n) is 6.66. The van der Waals surface area contributed by atoms with Gasteiger partial charge in [-0.15, -0.1) is 11.8 Å². The predicted octanol–water partition coefficient (Wildman–Crippen LogP) is 7.58. The molecule has 3 N–H and O–H groups in total. The Morgan fingerprint density at radius 2 is 1.33 bits per heavy atom. The molecule has 45 heavy (non-hydrogen) atoms. The van der Waals surface area contributed by atoms with Gasteiger partial charge in [0.1, 0.15) is 16.7 Å². The van der Waals surface area contributed by atoms with Crippen LogP contribution in [0.15, 0.2) is 150 Å². The smallest absolute Gasteiger partial charge is 0.272 e. The van der Waals surface area contributed by atoms with Crippen molar-refractivity contribution in [2.45, 2.75) is 10.1 Å². The van der Waals surface area contributed by atoms with Crippen molar-refractivity contribution >= 4 is 46.9 Å². The van der Waals surface area contributed by atoms with Crippen LogP contribution in [0.5, 0.6) is 5.75 Å². The molecule has 0 heterocycles. The summed E-state index contributed by atoms with van der Waals surface area (Å²) >= 11 is 1.37. The number of ether oxygens (including phenoxy) is 1. The van der Waals surface area contributed by atoms with Crippen LogP contribution >= 0.6 is 11.8 Å². The van der Waals surface area contributed by atoms with Gasteiger partial charge in [0, 0.05) is 21.8 Å². The van der Waals surface area contributed by atoms with Crippen LogP contribution in [0.25, 0.3) is 6.08 Å². The molecular weight excluding hydrogens is 582 g/mol. The van der Waals surface area contributed by atoms with E-state index in [1.807, 2.05) is 84.9 Å². The van der Waals surface area contributed by atoms with E-state index in [0.29, 0.717) is 28.3 Å². The van der Waals surface area contributed by atoms with Crippen molar-refractivity contribution in [3.05, 3.63) is 162 Å². The molecule has 7 nitrogen and oxygen atoms in total. The van der Waals surface area contributed by atoms with E-state index in [2.05, 4.69) is 16.0 Å². The van der Waals surface area contributed by atoms with Crippen LogP contribution in [-0.4, -0.2) is 24.8 Å². The highest BCUT2D eigenvalue weighted by Gasteiger charge is 2.23. The van der Waals surface area contributed by atoms with Gasteiger partial charge in [-0.1, -0.05) is 84.9 Å². The molecule has 0 saturated heterocycles. The SMILES string of the molecule is COc1cccc(/C=C(\NC(=O)c2ccccc2)C(=O)Nc2cccc(SC(C(=O)Nc3ccccc3)c3ccccc3)c2)c1. The molecule has 0 saturated carbocycles. The molecule has 0 aliphatic heterocycles. The van der Waals surface area contributed by atoms with Crippen LogP contribution in [0.4, 0.5) is 11.4 Å². The van der Waals surface area contributed by atoms with E-state index in [4.69, 9.17) is 4.74 Å². The minimum absolute atomic E-state index is 0.0552. The van der Waals surface area contributed by atoms with Gasteiger partial charge in [-0.05, 0) is 71.8 Å². The molecule has 0 spiro atoms. The van der Waals surface area contributed by atoms with Crippen molar-refractivity contribution < 1.29 is 19.1 Å². The summed E-state index contributed by atoms with van der Waals surface area (Å²) in [6.07, 6.45) is 1.59. The van der Waals surface area contributed by atoms with Gasteiger partial charge in [-0.2, -0.15) is 0 Å². The lowest BCUT2D eigenvalue weighted by atomic mass is 10.1. The second kappa shape index (κ2) is 15.2. The van der Waals surface area contributed by atoms with Crippen LogP contribution in [0.1, 0.15) is 26.7 Å². The van der Waals surface area contributed by atoms with Crippen molar-refractivity contribution in [1.82, 2.24) is 5.32 Å². The Labute approximate surface area is 266 Å². The highest BCUT2D eigenvalue weighted by molar-refractivity contribution is 8.00. The molecular formula is C37H31N3O4S. The minimum Gasteiger partial charge on any atom is -0.497 e. The number of para-hydroxylation sites is 1. The van der Waals surface area contributed by atoms with E-state index >= 15 is 0 Å². The summed E-state index contributed by atoms with van der Waals surface area (Å²) in [5.41, 5.74) is 3.20. The Morgan fingerprint density at radius 1 is 0.689 bits per heavy atom. The Hall–Kier alpha value is -5.60. The van der Waals surface area contributed by atoms with Gasteiger partial charge >= 0.3 is 0 Å². The molecule has 0 aliphatic carbocycles. The summed E-state index contributed by atoms with van der Waals surface area (Å²) in [7, 11) is 1.56. The van der Waals surface area contributed by atoms with Crippen LogP contribution < -0.4 is 20.7 Å². The fraction of sp³-hybridized carbons (Fsp3) is 0.0541. The number of methoxy groups -OCH3 is 1. The number of nitrogens with one attached hydrogen (secondary N) is 3. The Morgan fingerprint density at radius 3 is 2.04 bits per heavy atom. The number of benzene rings is 5. The molecule has 5 rings (SSSR count). The van der Waals surface area contributed by atoms with Crippen molar-refractivity contribution in [2.75, 3.05) is 17.7 Å². The maximum absolute atomic E-state index is 13.6. The van der Waals surface area contributed by atoms with Crippen LogP contribution in [0.2, 0.25) is 0 Å². The zero-order valence-electron chi connectivity index (χ0n) is 24.5. The van der Waals surface area contributed by atoms with E-state index in [9.17, 15) is 14.4 Å². The number of hydrogen-bond acceptors (Lipinski definition) is 5. The lowest BCUT2D eigenvalue weighted by molar-refractivity contribution is -0.116. The second-order valence-corrected chi connectivity index (χ2v) is 11.1. The summed E-state index contributed by atoms with van der Waals surface area (Å²) in [6.45, 7) is 0. The van der Waals surface area contributed by atoms with Crippen LogP contribution in [0, 0.1) is 0 Å². The van der Waals surface area contributed by atoms with Gasteiger partial charge in [0.05, 0.1) is 7.11 Å². The van der Waals surface area contributed by atoms with Gasteiger partial charge in [0.25, 0.3) is 11.8 Å². The summed E-state index contributed by atoms with van der Waals surface area (Å²) < 4.78 is 5.32. The van der Waals surface area contributed by atoms with E-state index in [-0.39, 0.29) is 11.6 Å². The molecule has 224 valence electrons. The Kier molecular flexibility index (Phi) is 10.4. The number of hydrogen-bond donors (Lipinski definition) is 3. The lowest BCUT2D eigenvalue weighted by Crippen LogP contribution is -2.30. The van der Waals surface area contributed by atoms with E-state index in [0.717, 1.165) is 10.5 Å². The molecule has 0 radical (unpaired) electrons. The average molecular weight is 614 g/mol. The number of rotatable bonds is 11. The van der Waals surface area contributed by atoms with Crippen LogP contribution in [-0.2, 0) is 9.59 Å². The molecule has 0 fully saturated rings. The number of carbonyl (C=O) groups is 3. The third-order valence-corrected chi connectivity index (χ3v) is 7.91. The number of amides is 3. The molecule has 3 amide bonds.